The number of hydrogen-bond acceptors (Lipinski definition) is 3. The highest BCUT2D eigenvalue weighted by Gasteiger charge is 1.83. The fourth-order valence-electron chi connectivity index (χ4n) is 0.391. The minimum Gasteiger partial charge on any atom is -0.260 e. The van der Waals surface area contributed by atoms with Crippen LogP contribution in [0.15, 0.2) is 23.6 Å². The molecule has 2 nitrogen and oxygen atoms in total. The highest BCUT2D eigenvalue weighted by molar-refractivity contribution is 7.98. The molecule has 0 fully saturated rings. The lowest BCUT2D eigenvalue weighted by Crippen LogP contribution is -1.76. The third-order valence-corrected chi connectivity index (χ3v) is 1.38. The van der Waals surface area contributed by atoms with Crippen LogP contribution < -0.4 is 0 Å². The molecule has 62 valence electrons. The summed E-state index contributed by atoms with van der Waals surface area (Å²) in [6, 6.07) is 0. The molecule has 1 rings (SSSR count). The topological polar surface area (TPSA) is 25.8 Å². The van der Waals surface area contributed by atoms with E-state index in [0.717, 1.165) is 5.03 Å². The highest BCUT2D eigenvalue weighted by Crippen LogP contribution is 2.05. The van der Waals surface area contributed by atoms with Crippen molar-refractivity contribution in [2.75, 3.05) is 6.26 Å². The number of thioether (sulfide) groups is 1. The van der Waals surface area contributed by atoms with Crippen LogP contribution in [0.4, 0.5) is 0 Å². The molecular weight excluding hydrogens is 156 g/mol. The quantitative estimate of drug-likeness (QED) is 0.606. The van der Waals surface area contributed by atoms with E-state index in [1.165, 1.54) is 6.42 Å². The lowest BCUT2D eigenvalue weighted by Gasteiger charge is -1.87. The second kappa shape index (κ2) is 7.54. The molecule has 0 aliphatic heterocycles. The molecule has 0 amide bonds. The van der Waals surface area contributed by atoms with Crippen molar-refractivity contribution in [1.82, 2.24) is 9.97 Å². The Hall–Kier alpha value is -0.570. The maximum atomic E-state index is 4.00. The van der Waals surface area contributed by atoms with E-state index in [2.05, 4.69) is 23.8 Å². The molecule has 0 spiro atoms. The Kier molecular flexibility index (Phi) is 7.15. The SMILES string of the molecule is CCC.CSc1cnccn1. The van der Waals surface area contributed by atoms with Crippen LogP contribution in [-0.4, -0.2) is 16.2 Å². The average Bonchev–Trinajstić information content (AvgIpc) is 2.08. The second-order valence-electron chi connectivity index (χ2n) is 1.95. The monoisotopic (exact) mass is 170 g/mol. The largest absolute Gasteiger partial charge is 0.260 e. The number of rotatable bonds is 1. The fourth-order valence-corrected chi connectivity index (χ4v) is 0.723. The summed E-state index contributed by atoms with van der Waals surface area (Å²) in [5, 5.41) is 0.965. The van der Waals surface area contributed by atoms with Gasteiger partial charge in [-0.15, -0.1) is 11.8 Å². The Labute approximate surface area is 72.5 Å². The lowest BCUT2D eigenvalue weighted by molar-refractivity contribution is 1.06. The van der Waals surface area contributed by atoms with Gasteiger partial charge in [0.25, 0.3) is 0 Å². The Morgan fingerprint density at radius 1 is 1.36 bits per heavy atom. The van der Waals surface area contributed by atoms with E-state index in [1.54, 1.807) is 30.4 Å². The molecule has 0 aliphatic carbocycles. The first kappa shape index (κ1) is 10.4. The third kappa shape index (κ3) is 5.85. The number of nitrogens with zero attached hydrogens (tertiary/aromatic N) is 2. The van der Waals surface area contributed by atoms with Gasteiger partial charge in [0, 0.05) is 12.4 Å². The third-order valence-electron chi connectivity index (χ3n) is 0.749. The van der Waals surface area contributed by atoms with Gasteiger partial charge in [-0.2, -0.15) is 0 Å². The highest BCUT2D eigenvalue weighted by atomic mass is 32.2. The zero-order valence-electron chi connectivity index (χ0n) is 7.24. The van der Waals surface area contributed by atoms with Crippen LogP contribution >= 0.6 is 11.8 Å². The normalized spacial score (nSPS) is 8.27. The van der Waals surface area contributed by atoms with Crippen molar-refractivity contribution >= 4 is 11.8 Å². The molecule has 0 aromatic carbocycles. The zero-order chi connectivity index (χ0) is 8.53. The molecule has 1 aromatic rings. The van der Waals surface area contributed by atoms with Gasteiger partial charge in [0.05, 0.1) is 6.20 Å². The minimum atomic E-state index is 0.965. The predicted molar refractivity (Wildman–Crippen MR) is 49.8 cm³/mol. The summed E-state index contributed by atoms with van der Waals surface area (Å²) >= 11 is 1.60. The molecule has 0 aliphatic rings. The molecule has 0 atom stereocenters. The second-order valence-corrected chi connectivity index (χ2v) is 2.78. The molecule has 0 unspecified atom stereocenters. The van der Waals surface area contributed by atoms with Crippen LogP contribution in [0.1, 0.15) is 20.3 Å². The van der Waals surface area contributed by atoms with E-state index >= 15 is 0 Å². The minimum absolute atomic E-state index is 0.965. The van der Waals surface area contributed by atoms with Crippen molar-refractivity contribution in [3.05, 3.63) is 18.6 Å². The van der Waals surface area contributed by atoms with Crippen LogP contribution in [0.5, 0.6) is 0 Å². The Morgan fingerprint density at radius 2 is 2.00 bits per heavy atom. The molecular formula is C8H14N2S. The van der Waals surface area contributed by atoms with Crippen molar-refractivity contribution in [3.63, 3.8) is 0 Å². The lowest BCUT2D eigenvalue weighted by atomic mass is 10.6. The van der Waals surface area contributed by atoms with Crippen LogP contribution in [0.2, 0.25) is 0 Å². The van der Waals surface area contributed by atoms with Crippen molar-refractivity contribution < 1.29 is 0 Å². The number of aromatic nitrogens is 2. The first-order valence-electron chi connectivity index (χ1n) is 3.65. The Morgan fingerprint density at radius 3 is 2.27 bits per heavy atom. The maximum Gasteiger partial charge on any atom is 0.114 e. The van der Waals surface area contributed by atoms with E-state index in [4.69, 9.17) is 0 Å². The standard InChI is InChI=1S/C5H6N2S.C3H8/c1-8-5-4-6-2-3-7-5;1-3-2/h2-4H,1H3;3H2,1-2H3. The van der Waals surface area contributed by atoms with E-state index in [1.807, 2.05) is 6.26 Å². The van der Waals surface area contributed by atoms with E-state index < -0.39 is 0 Å². The van der Waals surface area contributed by atoms with E-state index in [-0.39, 0.29) is 0 Å². The average molecular weight is 170 g/mol. The molecule has 3 heteroatoms. The first-order valence-corrected chi connectivity index (χ1v) is 4.87. The molecule has 0 radical (unpaired) electrons. The van der Waals surface area contributed by atoms with Gasteiger partial charge < -0.3 is 0 Å². The zero-order valence-corrected chi connectivity index (χ0v) is 8.06. The van der Waals surface area contributed by atoms with Gasteiger partial charge in [0.2, 0.25) is 0 Å². The summed E-state index contributed by atoms with van der Waals surface area (Å²) in [4.78, 5) is 7.87. The fraction of sp³-hybridized carbons (Fsp3) is 0.500. The summed E-state index contributed by atoms with van der Waals surface area (Å²) in [6.45, 7) is 4.25. The van der Waals surface area contributed by atoms with Gasteiger partial charge >= 0.3 is 0 Å². The molecule has 0 saturated carbocycles. The van der Waals surface area contributed by atoms with Crippen molar-refractivity contribution in [1.29, 1.82) is 0 Å². The van der Waals surface area contributed by atoms with Crippen LogP contribution in [0.3, 0.4) is 0 Å². The van der Waals surface area contributed by atoms with Gasteiger partial charge in [-0.1, -0.05) is 20.3 Å². The summed E-state index contributed by atoms with van der Waals surface area (Å²) in [6.07, 6.45) is 8.32. The predicted octanol–water partition coefficient (Wildman–Crippen LogP) is 2.61. The van der Waals surface area contributed by atoms with Gasteiger partial charge in [-0.3, -0.25) is 4.98 Å². The van der Waals surface area contributed by atoms with Gasteiger partial charge in [0.15, 0.2) is 0 Å². The van der Waals surface area contributed by atoms with Crippen LogP contribution in [0.25, 0.3) is 0 Å². The molecule has 0 saturated heterocycles. The molecule has 1 heterocycles. The van der Waals surface area contributed by atoms with Crippen molar-refractivity contribution in [2.45, 2.75) is 25.3 Å². The summed E-state index contributed by atoms with van der Waals surface area (Å²) in [5.74, 6) is 0. The molecule has 0 N–H and O–H groups in total. The molecule has 11 heavy (non-hydrogen) atoms. The molecule has 0 bridgehead atoms. The van der Waals surface area contributed by atoms with Gasteiger partial charge in [-0.05, 0) is 6.26 Å². The smallest absolute Gasteiger partial charge is 0.114 e. The molecule has 1 aromatic heterocycles. The maximum absolute atomic E-state index is 4.00. The summed E-state index contributed by atoms with van der Waals surface area (Å²) < 4.78 is 0. The van der Waals surface area contributed by atoms with E-state index in [0.29, 0.717) is 0 Å². The van der Waals surface area contributed by atoms with E-state index in [9.17, 15) is 0 Å². The Bertz CT molecular complexity index is 165. The van der Waals surface area contributed by atoms with Crippen LogP contribution in [0, 0.1) is 0 Å². The van der Waals surface area contributed by atoms with Gasteiger partial charge in [-0.25, -0.2) is 4.98 Å². The Balaban J connectivity index is 0.000000292. The number of hydrogen-bond donors (Lipinski definition) is 0. The van der Waals surface area contributed by atoms with Crippen molar-refractivity contribution in [3.8, 4) is 0 Å². The van der Waals surface area contributed by atoms with Crippen LogP contribution in [-0.2, 0) is 0 Å². The first-order chi connectivity index (χ1) is 5.35. The summed E-state index contributed by atoms with van der Waals surface area (Å²) in [5.41, 5.74) is 0. The summed E-state index contributed by atoms with van der Waals surface area (Å²) in [7, 11) is 0. The van der Waals surface area contributed by atoms with Gasteiger partial charge in [0.1, 0.15) is 5.03 Å². The van der Waals surface area contributed by atoms with Crippen molar-refractivity contribution in [2.24, 2.45) is 0 Å².